The summed E-state index contributed by atoms with van der Waals surface area (Å²) < 4.78 is 17.1. The highest BCUT2D eigenvalue weighted by Gasteiger charge is 2.50. The summed E-state index contributed by atoms with van der Waals surface area (Å²) in [5.41, 5.74) is -0.176. The second-order valence-electron chi connectivity index (χ2n) is 8.21. The maximum atomic E-state index is 13.9. The highest BCUT2D eigenvalue weighted by atomic mass is 16.5. The number of anilines is 1. The lowest BCUT2D eigenvalue weighted by molar-refractivity contribution is -0.126. The van der Waals surface area contributed by atoms with Crippen LogP contribution in [0.5, 0.6) is 11.5 Å². The summed E-state index contributed by atoms with van der Waals surface area (Å²) in [6.45, 7) is 2.00. The fourth-order valence-electron chi connectivity index (χ4n) is 4.17. The van der Waals surface area contributed by atoms with Crippen molar-refractivity contribution in [2.24, 2.45) is 0 Å². The van der Waals surface area contributed by atoms with E-state index in [-0.39, 0.29) is 30.4 Å². The average molecular weight is 479 g/mol. The molecule has 0 spiro atoms. The Balaban J connectivity index is 1.81. The maximum Gasteiger partial charge on any atom is 0.359 e. The van der Waals surface area contributed by atoms with Crippen molar-refractivity contribution in [2.75, 3.05) is 26.2 Å². The molecule has 3 aromatic rings. The molecule has 1 aromatic heterocycles. The molecule has 0 saturated heterocycles. The molecule has 0 saturated carbocycles. The lowest BCUT2D eigenvalue weighted by Gasteiger charge is -2.43. The van der Waals surface area contributed by atoms with Gasteiger partial charge in [0.25, 0.3) is 5.91 Å². The molecule has 182 valence electrons. The maximum absolute atomic E-state index is 13.9. The van der Waals surface area contributed by atoms with Gasteiger partial charge in [0.2, 0.25) is 5.91 Å². The van der Waals surface area contributed by atoms with E-state index in [2.05, 4.69) is 10.3 Å². The number of esters is 1. The Morgan fingerprint density at radius 2 is 1.71 bits per heavy atom. The van der Waals surface area contributed by atoms with Gasteiger partial charge in [0.15, 0.2) is 5.69 Å². The standard InChI is InChI=1S/C25H26N4O6/c1-25(24(32)26-13-16-8-6-5-7-9-16)14-28-15-27-20(23(31)35-4)21(28)22(30)29(25)17-10-18(33-2)12-19(11-17)34-3/h5-12,15H,13-14H2,1-4H3,(H,26,32)/t25-/m0/s1. The number of hydrogen-bond donors (Lipinski definition) is 1. The monoisotopic (exact) mass is 478 g/mol. The van der Waals surface area contributed by atoms with E-state index in [9.17, 15) is 14.4 Å². The zero-order valence-electron chi connectivity index (χ0n) is 19.9. The van der Waals surface area contributed by atoms with Crippen LogP contribution in [0.25, 0.3) is 0 Å². The number of carbonyl (C=O) groups excluding carboxylic acids is 3. The van der Waals surface area contributed by atoms with Crippen LogP contribution in [-0.2, 0) is 22.6 Å². The van der Waals surface area contributed by atoms with Crippen LogP contribution in [0.15, 0.2) is 54.9 Å². The second-order valence-corrected chi connectivity index (χ2v) is 8.21. The Morgan fingerprint density at radius 3 is 2.31 bits per heavy atom. The van der Waals surface area contributed by atoms with Gasteiger partial charge in [-0.25, -0.2) is 9.78 Å². The summed E-state index contributed by atoms with van der Waals surface area (Å²) in [7, 11) is 4.20. The number of nitrogens with one attached hydrogen (secondary N) is 1. The quantitative estimate of drug-likeness (QED) is 0.519. The molecule has 1 N–H and O–H groups in total. The number of imidazole rings is 1. The minimum absolute atomic E-state index is 0.0342. The van der Waals surface area contributed by atoms with E-state index in [1.165, 1.54) is 37.1 Å². The second kappa shape index (κ2) is 9.49. The van der Waals surface area contributed by atoms with E-state index in [1.54, 1.807) is 25.1 Å². The zero-order valence-corrected chi connectivity index (χ0v) is 19.9. The van der Waals surface area contributed by atoms with Crippen LogP contribution in [0.3, 0.4) is 0 Å². The van der Waals surface area contributed by atoms with Crippen molar-refractivity contribution in [3.8, 4) is 11.5 Å². The van der Waals surface area contributed by atoms with E-state index in [0.29, 0.717) is 17.2 Å². The molecule has 2 heterocycles. The van der Waals surface area contributed by atoms with Crippen molar-refractivity contribution in [1.29, 1.82) is 0 Å². The number of amides is 2. The van der Waals surface area contributed by atoms with Crippen molar-refractivity contribution in [2.45, 2.75) is 25.6 Å². The number of hydrogen-bond acceptors (Lipinski definition) is 7. The van der Waals surface area contributed by atoms with Gasteiger partial charge in [-0.1, -0.05) is 30.3 Å². The molecule has 0 radical (unpaired) electrons. The molecule has 0 aliphatic carbocycles. The molecule has 0 bridgehead atoms. The molecule has 1 aliphatic heterocycles. The summed E-state index contributed by atoms with van der Waals surface area (Å²) in [6.07, 6.45) is 1.37. The van der Waals surface area contributed by atoms with E-state index < -0.39 is 17.4 Å². The molecule has 1 atom stereocenters. The van der Waals surface area contributed by atoms with Gasteiger partial charge >= 0.3 is 5.97 Å². The summed E-state index contributed by atoms with van der Waals surface area (Å²) in [5, 5.41) is 2.94. The summed E-state index contributed by atoms with van der Waals surface area (Å²) >= 11 is 0. The van der Waals surface area contributed by atoms with Gasteiger partial charge in [-0.15, -0.1) is 0 Å². The van der Waals surface area contributed by atoms with Crippen molar-refractivity contribution >= 4 is 23.5 Å². The predicted octanol–water partition coefficient (Wildman–Crippen LogP) is 2.42. The first-order valence-corrected chi connectivity index (χ1v) is 10.9. The molecule has 10 heteroatoms. The third kappa shape index (κ3) is 4.30. The number of fused-ring (bicyclic) bond motifs is 1. The molecule has 35 heavy (non-hydrogen) atoms. The Morgan fingerprint density at radius 1 is 1.06 bits per heavy atom. The number of aromatic nitrogens is 2. The Labute approximate surface area is 202 Å². The van der Waals surface area contributed by atoms with Gasteiger partial charge in [0.1, 0.15) is 22.7 Å². The fraction of sp³-hybridized carbons (Fsp3) is 0.280. The number of rotatable bonds is 7. The van der Waals surface area contributed by atoms with Crippen LogP contribution in [-0.4, -0.2) is 54.2 Å². The first-order chi connectivity index (χ1) is 16.8. The lowest BCUT2D eigenvalue weighted by atomic mass is 9.93. The van der Waals surface area contributed by atoms with Crippen LogP contribution in [0, 0.1) is 0 Å². The summed E-state index contributed by atoms with van der Waals surface area (Å²) in [5.74, 6) is -0.831. The van der Waals surface area contributed by atoms with Crippen LogP contribution in [0.4, 0.5) is 5.69 Å². The van der Waals surface area contributed by atoms with Crippen LogP contribution < -0.4 is 19.7 Å². The first kappa shape index (κ1) is 23.8. The normalized spacial score (nSPS) is 16.9. The number of benzene rings is 2. The smallest absolute Gasteiger partial charge is 0.359 e. The third-order valence-corrected chi connectivity index (χ3v) is 5.97. The molecular formula is C25H26N4O6. The highest BCUT2D eigenvalue weighted by molar-refractivity contribution is 6.15. The SMILES string of the molecule is COC(=O)c1ncn2c1C(=O)N(c1cc(OC)cc(OC)c1)[C@](C)(C(=O)NCc1ccccc1)C2. The van der Waals surface area contributed by atoms with Crippen LogP contribution in [0.1, 0.15) is 33.5 Å². The topological polar surface area (TPSA) is 112 Å². The molecule has 0 fully saturated rings. The van der Waals surface area contributed by atoms with Crippen molar-refractivity contribution < 1.29 is 28.6 Å². The van der Waals surface area contributed by atoms with Gasteiger partial charge in [-0.3, -0.25) is 14.5 Å². The van der Waals surface area contributed by atoms with Crippen LogP contribution in [0.2, 0.25) is 0 Å². The van der Waals surface area contributed by atoms with Gasteiger partial charge < -0.3 is 24.1 Å². The first-order valence-electron chi connectivity index (χ1n) is 10.9. The van der Waals surface area contributed by atoms with Gasteiger partial charge in [-0.2, -0.15) is 0 Å². The number of nitrogens with zero attached hydrogens (tertiary/aromatic N) is 3. The van der Waals surface area contributed by atoms with Gasteiger partial charge in [0, 0.05) is 24.7 Å². The predicted molar refractivity (Wildman–Crippen MR) is 127 cm³/mol. The Bertz CT molecular complexity index is 1250. The minimum Gasteiger partial charge on any atom is -0.497 e. The summed E-state index contributed by atoms with van der Waals surface area (Å²) in [6, 6.07) is 14.4. The van der Waals surface area contributed by atoms with Gasteiger partial charge in [0.05, 0.1) is 39.9 Å². The lowest BCUT2D eigenvalue weighted by Crippen LogP contribution is -2.64. The largest absolute Gasteiger partial charge is 0.497 e. The van der Waals surface area contributed by atoms with Crippen molar-refractivity contribution in [3.63, 3.8) is 0 Å². The highest BCUT2D eigenvalue weighted by Crippen LogP contribution is 2.37. The molecule has 2 amide bonds. The fourth-order valence-corrected chi connectivity index (χ4v) is 4.17. The Kier molecular flexibility index (Phi) is 6.46. The van der Waals surface area contributed by atoms with Crippen molar-refractivity contribution in [3.05, 3.63) is 71.8 Å². The third-order valence-electron chi connectivity index (χ3n) is 5.97. The van der Waals surface area contributed by atoms with Crippen LogP contribution >= 0.6 is 0 Å². The van der Waals surface area contributed by atoms with Gasteiger partial charge in [-0.05, 0) is 12.5 Å². The van der Waals surface area contributed by atoms with E-state index in [4.69, 9.17) is 14.2 Å². The number of methoxy groups -OCH3 is 3. The number of carbonyl (C=O) groups is 3. The molecule has 0 unspecified atom stereocenters. The summed E-state index contributed by atoms with van der Waals surface area (Å²) in [4.78, 5) is 45.3. The molecule has 10 nitrogen and oxygen atoms in total. The zero-order chi connectivity index (χ0) is 25.2. The molecular weight excluding hydrogens is 452 g/mol. The van der Waals surface area contributed by atoms with E-state index >= 15 is 0 Å². The average Bonchev–Trinajstić information content (AvgIpc) is 3.30. The Hall–Kier alpha value is -4.34. The molecule has 2 aromatic carbocycles. The van der Waals surface area contributed by atoms with E-state index in [0.717, 1.165) is 5.56 Å². The minimum atomic E-state index is -1.37. The van der Waals surface area contributed by atoms with E-state index in [1.807, 2.05) is 30.3 Å². The molecule has 4 rings (SSSR count). The molecule has 1 aliphatic rings. The number of ether oxygens (including phenoxy) is 3. The van der Waals surface area contributed by atoms with Crippen molar-refractivity contribution in [1.82, 2.24) is 14.9 Å².